The van der Waals surface area contributed by atoms with Crippen molar-refractivity contribution in [3.8, 4) is 55.6 Å². The van der Waals surface area contributed by atoms with Crippen molar-refractivity contribution >= 4 is 48.6 Å². The minimum atomic E-state index is 0.200. The second-order valence-corrected chi connectivity index (χ2v) is 20.8. The van der Waals surface area contributed by atoms with Crippen LogP contribution in [0.5, 0.6) is 0 Å². The maximum atomic E-state index is 2.56. The second-order valence-electron chi connectivity index (χ2n) is 19.7. The average molecular weight is 864 g/mol. The fourth-order valence-corrected chi connectivity index (χ4v) is 14.8. The van der Waals surface area contributed by atoms with Crippen LogP contribution in [0.2, 0.25) is 0 Å². The summed E-state index contributed by atoms with van der Waals surface area (Å²) in [7, 11) is 0. The van der Waals surface area contributed by atoms with Gasteiger partial charge in [-0.1, -0.05) is 164 Å². The van der Waals surface area contributed by atoms with Gasteiger partial charge in [0.25, 0.3) is 0 Å². The molecule has 1 spiro atoms. The minimum Gasteiger partial charge on any atom is -0.310 e. The number of benzene rings is 9. The number of fused-ring (bicyclic) bond motifs is 6. The molecule has 0 aliphatic heterocycles. The van der Waals surface area contributed by atoms with Gasteiger partial charge < -0.3 is 4.90 Å². The van der Waals surface area contributed by atoms with Gasteiger partial charge in [0.05, 0.1) is 0 Å². The Kier molecular flexibility index (Phi) is 8.71. The third-order valence-electron chi connectivity index (χ3n) is 16.3. The summed E-state index contributed by atoms with van der Waals surface area (Å²) in [5.41, 5.74) is 19.8. The van der Waals surface area contributed by atoms with Gasteiger partial charge in [0, 0.05) is 42.6 Å². The van der Waals surface area contributed by atoms with Gasteiger partial charge in [-0.15, -0.1) is 11.3 Å². The Bertz CT molecular complexity index is 3440. The normalized spacial score (nSPS) is 21.1. The molecule has 9 aromatic carbocycles. The van der Waals surface area contributed by atoms with Crippen LogP contribution < -0.4 is 4.90 Å². The number of hydrogen-bond acceptors (Lipinski definition) is 2. The van der Waals surface area contributed by atoms with Crippen LogP contribution >= 0.6 is 11.3 Å². The molecule has 0 unspecified atom stereocenters. The third kappa shape index (κ3) is 5.90. The lowest BCUT2D eigenvalue weighted by Gasteiger charge is -2.61. The lowest BCUT2D eigenvalue weighted by atomic mass is 9.43. The topological polar surface area (TPSA) is 3.24 Å². The molecule has 5 aliphatic carbocycles. The standard InChI is InChI=1S/C64H49NS/c1-2-10-43(11-3-1)45-22-27-51(28-23-45)65(53-31-32-58-57-15-7-9-17-62(57)66-63(58)40-53)52-29-24-46(25-30-52)44-18-20-47(21-19-44)54-12-4-5-13-55(54)48-26-33-61-59(39-48)56-14-6-8-16-60(56)64(61)49-35-41-34-42(37-49)38-50(64)36-41/h1-33,39-42,49-50H,34-38H2. The van der Waals surface area contributed by atoms with Crippen LogP contribution in [0.25, 0.3) is 75.8 Å². The number of anilines is 3. The van der Waals surface area contributed by atoms with Crippen LogP contribution in [0.1, 0.15) is 43.2 Å². The fraction of sp³-hybridized carbons (Fsp3) is 0.156. The largest absolute Gasteiger partial charge is 0.310 e. The van der Waals surface area contributed by atoms with Crippen molar-refractivity contribution in [2.24, 2.45) is 23.7 Å². The van der Waals surface area contributed by atoms with Gasteiger partial charge in [-0.05, 0) is 171 Å². The molecule has 4 saturated carbocycles. The zero-order chi connectivity index (χ0) is 43.3. The van der Waals surface area contributed by atoms with Crippen LogP contribution in [0, 0.1) is 23.7 Å². The zero-order valence-electron chi connectivity index (χ0n) is 36.9. The van der Waals surface area contributed by atoms with E-state index in [2.05, 4.69) is 217 Å². The molecule has 0 atom stereocenters. The SMILES string of the molecule is c1ccc(-c2ccc(N(c3ccc(-c4ccc(-c5ccccc5-c5ccc6c(c5)-c5ccccc5C65C6CC7CC(C6)CC5C7)cc4)cc3)c3ccc4c(c3)sc3ccccc34)cc2)cc1. The number of nitrogens with zero attached hydrogens (tertiary/aromatic N) is 1. The van der Waals surface area contributed by atoms with E-state index in [0.29, 0.717) is 0 Å². The summed E-state index contributed by atoms with van der Waals surface area (Å²) in [5, 5.41) is 2.63. The summed E-state index contributed by atoms with van der Waals surface area (Å²) in [5.74, 6) is 3.46. The summed E-state index contributed by atoms with van der Waals surface area (Å²) in [4.78, 5) is 2.39. The van der Waals surface area contributed by atoms with Crippen LogP contribution in [0.4, 0.5) is 17.1 Å². The van der Waals surface area contributed by atoms with Crippen molar-refractivity contribution in [2.45, 2.75) is 37.5 Å². The zero-order valence-corrected chi connectivity index (χ0v) is 37.7. The smallest absolute Gasteiger partial charge is 0.0476 e. The van der Waals surface area contributed by atoms with Gasteiger partial charge in [0.15, 0.2) is 0 Å². The molecule has 66 heavy (non-hydrogen) atoms. The molecule has 0 amide bonds. The Balaban J connectivity index is 0.785. The summed E-state index contributed by atoms with van der Waals surface area (Å²) < 4.78 is 2.62. The number of rotatable bonds is 7. The van der Waals surface area contributed by atoms with Gasteiger partial charge in [0.2, 0.25) is 0 Å². The van der Waals surface area contributed by atoms with E-state index < -0.39 is 0 Å². The molecule has 0 N–H and O–H groups in total. The van der Waals surface area contributed by atoms with Gasteiger partial charge in [-0.25, -0.2) is 0 Å². The molecule has 1 aromatic heterocycles. The first-order valence-electron chi connectivity index (χ1n) is 24.1. The first kappa shape index (κ1) is 38.3. The van der Waals surface area contributed by atoms with E-state index in [-0.39, 0.29) is 5.41 Å². The molecule has 1 heterocycles. The highest BCUT2D eigenvalue weighted by atomic mass is 32.1. The Hall–Kier alpha value is -7.00. The molecule has 15 rings (SSSR count). The average Bonchev–Trinajstić information content (AvgIpc) is 3.89. The van der Waals surface area contributed by atoms with E-state index in [4.69, 9.17) is 0 Å². The molecule has 0 radical (unpaired) electrons. The maximum Gasteiger partial charge on any atom is 0.0476 e. The van der Waals surface area contributed by atoms with Crippen molar-refractivity contribution in [2.75, 3.05) is 4.90 Å². The first-order chi connectivity index (χ1) is 32.7. The highest BCUT2D eigenvalue weighted by Gasteiger charge is 2.61. The van der Waals surface area contributed by atoms with Gasteiger partial charge in [-0.2, -0.15) is 0 Å². The van der Waals surface area contributed by atoms with E-state index in [9.17, 15) is 0 Å². The van der Waals surface area contributed by atoms with Crippen molar-refractivity contribution in [3.63, 3.8) is 0 Å². The predicted octanol–water partition coefficient (Wildman–Crippen LogP) is 17.9. The molecule has 4 fully saturated rings. The quantitative estimate of drug-likeness (QED) is 0.154. The fourth-order valence-electron chi connectivity index (χ4n) is 13.7. The van der Waals surface area contributed by atoms with Gasteiger partial charge in [0.1, 0.15) is 0 Å². The van der Waals surface area contributed by atoms with Crippen LogP contribution in [0.15, 0.2) is 212 Å². The Morgan fingerprint density at radius 2 is 0.818 bits per heavy atom. The minimum absolute atomic E-state index is 0.200. The number of hydrogen-bond donors (Lipinski definition) is 0. The molecule has 1 nitrogen and oxygen atoms in total. The van der Waals surface area contributed by atoms with Crippen LogP contribution in [-0.4, -0.2) is 0 Å². The van der Waals surface area contributed by atoms with Crippen molar-refractivity contribution in [1.29, 1.82) is 0 Å². The highest BCUT2D eigenvalue weighted by molar-refractivity contribution is 7.25. The van der Waals surface area contributed by atoms with Crippen LogP contribution in [0.3, 0.4) is 0 Å². The van der Waals surface area contributed by atoms with E-state index >= 15 is 0 Å². The molecular weight excluding hydrogens is 815 g/mol. The number of thiophene rings is 1. The van der Waals surface area contributed by atoms with Crippen LogP contribution in [-0.2, 0) is 5.41 Å². The van der Waals surface area contributed by atoms with Crippen molar-refractivity contribution < 1.29 is 0 Å². The summed E-state index contributed by atoms with van der Waals surface area (Å²) >= 11 is 1.87. The maximum absolute atomic E-state index is 2.56. The molecule has 10 aromatic rings. The van der Waals surface area contributed by atoms with Crippen molar-refractivity contribution in [1.82, 2.24) is 0 Å². The third-order valence-corrected chi connectivity index (χ3v) is 17.4. The molecule has 5 aliphatic rings. The summed E-state index contributed by atoms with van der Waals surface area (Å²) in [6.45, 7) is 0. The summed E-state index contributed by atoms with van der Waals surface area (Å²) in [6, 6.07) is 79.7. The Morgan fingerprint density at radius 3 is 1.50 bits per heavy atom. The van der Waals surface area contributed by atoms with E-state index in [1.807, 2.05) is 11.3 Å². The van der Waals surface area contributed by atoms with E-state index in [1.165, 1.54) is 108 Å². The molecule has 2 heteroatoms. The predicted molar refractivity (Wildman–Crippen MR) is 279 cm³/mol. The molecule has 316 valence electrons. The lowest BCUT2D eigenvalue weighted by molar-refractivity contribution is -0.0399. The van der Waals surface area contributed by atoms with E-state index in [1.54, 1.807) is 11.1 Å². The highest BCUT2D eigenvalue weighted by Crippen LogP contribution is 2.69. The summed E-state index contributed by atoms with van der Waals surface area (Å²) in [6.07, 6.45) is 7.14. The molecule has 4 bridgehead atoms. The second kappa shape index (κ2) is 15.0. The first-order valence-corrected chi connectivity index (χ1v) is 24.9. The van der Waals surface area contributed by atoms with E-state index in [0.717, 1.165) is 40.7 Å². The van der Waals surface area contributed by atoms with Crippen molar-refractivity contribution in [3.05, 3.63) is 223 Å². The Labute approximate surface area is 391 Å². The molecular formula is C64H49NS. The van der Waals surface area contributed by atoms with Gasteiger partial charge >= 0.3 is 0 Å². The molecule has 0 saturated heterocycles. The van der Waals surface area contributed by atoms with Gasteiger partial charge in [-0.3, -0.25) is 0 Å². The monoisotopic (exact) mass is 863 g/mol. The lowest BCUT2D eigenvalue weighted by Crippen LogP contribution is -2.55. The Morgan fingerprint density at radius 1 is 0.333 bits per heavy atom.